The van der Waals surface area contributed by atoms with Gasteiger partial charge in [0.15, 0.2) is 11.6 Å². The number of ether oxygens (including phenoxy) is 1. The highest BCUT2D eigenvalue weighted by Crippen LogP contribution is 2.13. The molecule has 5 heteroatoms. The van der Waals surface area contributed by atoms with Gasteiger partial charge in [-0.05, 0) is 19.9 Å². The van der Waals surface area contributed by atoms with Crippen LogP contribution in [0.3, 0.4) is 0 Å². The average Bonchev–Trinajstić information content (AvgIpc) is 2.18. The van der Waals surface area contributed by atoms with Crippen LogP contribution in [-0.4, -0.2) is 17.6 Å². The van der Waals surface area contributed by atoms with E-state index in [4.69, 9.17) is 21.6 Å². The third kappa shape index (κ3) is 2.45. The quantitative estimate of drug-likeness (QED) is 0.559. The van der Waals surface area contributed by atoms with E-state index < -0.39 is 5.97 Å². The minimum absolute atomic E-state index is 0.211. The summed E-state index contributed by atoms with van der Waals surface area (Å²) >= 11 is 4.86. The number of hydrogen-bond acceptors (Lipinski definition) is 4. The van der Waals surface area contributed by atoms with Crippen LogP contribution >= 0.6 is 0 Å². The molecule has 0 aliphatic rings. The van der Waals surface area contributed by atoms with Crippen molar-refractivity contribution in [2.75, 3.05) is 6.61 Å². The van der Waals surface area contributed by atoms with E-state index in [-0.39, 0.29) is 17.3 Å². The first-order valence-corrected chi connectivity index (χ1v) is 4.76. The Labute approximate surface area is 92.4 Å². The number of aryl methyl sites for hydroxylation is 1. The Bertz CT molecular complexity index is 438. The van der Waals surface area contributed by atoms with Crippen LogP contribution in [-0.2, 0) is 4.74 Å². The maximum Gasteiger partial charge on any atom is 0.340 e. The van der Waals surface area contributed by atoms with Crippen molar-refractivity contribution >= 4 is 5.97 Å². The molecule has 15 heavy (non-hydrogen) atoms. The lowest BCUT2D eigenvalue weighted by Crippen LogP contribution is -2.09. The van der Waals surface area contributed by atoms with Gasteiger partial charge in [-0.1, -0.05) is 0 Å². The third-order valence-electron chi connectivity index (χ3n) is 1.79. The van der Waals surface area contributed by atoms with Gasteiger partial charge in [-0.2, -0.15) is 10.2 Å². The van der Waals surface area contributed by atoms with Gasteiger partial charge in [0, 0.05) is 0 Å². The molecule has 0 aromatic carbocycles. The van der Waals surface area contributed by atoms with E-state index in [0.717, 1.165) is 0 Å². The van der Waals surface area contributed by atoms with E-state index in [1.807, 2.05) is 6.07 Å². The zero-order chi connectivity index (χ0) is 11.4. The molecular weight excluding hydrogens is 216 g/mol. The fourth-order valence-corrected chi connectivity index (χ4v) is 1.32. The van der Waals surface area contributed by atoms with Crippen LogP contribution in [0.1, 0.15) is 28.5 Å². The van der Waals surface area contributed by atoms with Crippen LogP contribution in [0.2, 0.25) is 5.15 Å². The van der Waals surface area contributed by atoms with Crippen molar-refractivity contribution in [2.24, 2.45) is 0 Å². The van der Waals surface area contributed by atoms with Gasteiger partial charge in [0.05, 0.1) is 17.9 Å². The number of esters is 1. The highest BCUT2D eigenvalue weighted by molar-refractivity contribution is 5.91. The van der Waals surface area contributed by atoms with E-state index in [0.29, 0.717) is 11.3 Å². The molecule has 1 aromatic rings. The second-order valence-electron chi connectivity index (χ2n) is 2.81. The maximum atomic E-state index is 11.4. The SMILES string of the molecule is CCOC(=O)c1cc(C#N)c([ClH+])nc1C. The van der Waals surface area contributed by atoms with E-state index in [2.05, 4.69) is 4.98 Å². The van der Waals surface area contributed by atoms with Crippen LogP contribution in [0.25, 0.3) is 0 Å². The Kier molecular flexibility index (Phi) is 3.64. The maximum absolute atomic E-state index is 11.4. The smallest absolute Gasteiger partial charge is 0.340 e. The summed E-state index contributed by atoms with van der Waals surface area (Å²) in [5, 5.41) is 8.95. The van der Waals surface area contributed by atoms with Crippen molar-refractivity contribution in [2.45, 2.75) is 13.8 Å². The highest BCUT2D eigenvalue weighted by atomic mass is 35.5. The van der Waals surface area contributed by atoms with Gasteiger partial charge >= 0.3 is 11.1 Å². The fourth-order valence-electron chi connectivity index (χ4n) is 1.08. The van der Waals surface area contributed by atoms with Gasteiger partial charge in [0.2, 0.25) is 0 Å². The molecule has 0 radical (unpaired) electrons. The minimum atomic E-state index is -0.478. The topological polar surface area (TPSA) is 63.0 Å². The Morgan fingerprint density at radius 3 is 2.93 bits per heavy atom. The van der Waals surface area contributed by atoms with Gasteiger partial charge in [-0.3, -0.25) is 0 Å². The molecule has 0 N–H and O–H groups in total. The summed E-state index contributed by atoms with van der Waals surface area (Å²) in [7, 11) is 0. The zero-order valence-electron chi connectivity index (χ0n) is 8.40. The molecule has 0 atom stereocenters. The fraction of sp³-hybridized carbons (Fsp3) is 0.300. The van der Waals surface area contributed by atoms with Gasteiger partial charge in [0.1, 0.15) is 11.6 Å². The minimum Gasteiger partial charge on any atom is -0.462 e. The zero-order valence-corrected chi connectivity index (χ0v) is 9.22. The molecule has 4 nitrogen and oxygen atoms in total. The van der Waals surface area contributed by atoms with E-state index in [1.165, 1.54) is 6.07 Å². The van der Waals surface area contributed by atoms with E-state index in [9.17, 15) is 4.79 Å². The van der Waals surface area contributed by atoms with E-state index in [1.54, 1.807) is 13.8 Å². The molecule has 0 unspecified atom stereocenters. The number of aromatic nitrogens is 1. The number of carbonyl (C=O) groups excluding carboxylic acids is 1. The lowest BCUT2D eigenvalue weighted by Gasteiger charge is -2.03. The monoisotopic (exact) mass is 225 g/mol. The molecule has 1 aromatic heterocycles. The number of carbonyl (C=O) groups is 1. The second kappa shape index (κ2) is 4.76. The van der Waals surface area contributed by atoms with Gasteiger partial charge in [-0.25, -0.2) is 4.79 Å². The van der Waals surface area contributed by atoms with Crippen LogP contribution in [0.4, 0.5) is 0 Å². The molecule has 1 heterocycles. The Morgan fingerprint density at radius 1 is 1.73 bits per heavy atom. The molecule has 1 rings (SSSR count). The van der Waals surface area contributed by atoms with Crippen LogP contribution in [0.15, 0.2) is 6.07 Å². The molecule has 0 saturated carbocycles. The summed E-state index contributed by atoms with van der Waals surface area (Å²) in [6, 6.07) is 3.30. The largest absolute Gasteiger partial charge is 0.462 e. The predicted octanol–water partition coefficient (Wildman–Crippen LogP) is 1.13. The third-order valence-corrected chi connectivity index (χ3v) is 2.11. The van der Waals surface area contributed by atoms with Crippen molar-refractivity contribution < 1.29 is 21.1 Å². The first-order valence-electron chi connectivity index (χ1n) is 4.36. The molecule has 0 aliphatic carbocycles. The van der Waals surface area contributed by atoms with Gasteiger partial charge < -0.3 is 4.74 Å². The van der Waals surface area contributed by atoms with Crippen LogP contribution in [0, 0.1) is 29.9 Å². The summed E-state index contributed by atoms with van der Waals surface area (Å²) in [6.45, 7) is 3.66. The van der Waals surface area contributed by atoms with Crippen LogP contribution < -0.4 is 0 Å². The second-order valence-corrected chi connectivity index (χ2v) is 3.19. The van der Waals surface area contributed by atoms with Crippen molar-refractivity contribution in [1.29, 1.82) is 5.26 Å². The number of halogens is 1. The van der Waals surface area contributed by atoms with E-state index >= 15 is 0 Å². The van der Waals surface area contributed by atoms with Gasteiger partial charge in [0.25, 0.3) is 0 Å². The number of pyridine rings is 1. The average molecular weight is 226 g/mol. The molecule has 78 valence electrons. The lowest BCUT2D eigenvalue weighted by atomic mass is 10.1. The standard InChI is InChI=1S/C10H10ClN2O2/c1-3-15-10(14)8-4-7(5-12)9(11)13-6(8)2/h4,11H,3H2,1-2H3/q+1. The highest BCUT2D eigenvalue weighted by Gasteiger charge is 2.18. The van der Waals surface area contributed by atoms with Crippen molar-refractivity contribution in [3.63, 3.8) is 0 Å². The summed E-state index contributed by atoms with van der Waals surface area (Å²) in [4.78, 5) is 15.4. The first-order chi connectivity index (χ1) is 7.10. The molecular formula is C10H10ClN2O2+. The van der Waals surface area contributed by atoms with Crippen molar-refractivity contribution in [3.05, 3.63) is 28.0 Å². The molecule has 0 saturated heterocycles. The summed E-state index contributed by atoms with van der Waals surface area (Å²) in [5.74, 6) is -0.478. The molecule has 0 fully saturated rings. The number of rotatable bonds is 2. The Balaban J connectivity index is 3.20. The van der Waals surface area contributed by atoms with Crippen molar-refractivity contribution in [1.82, 2.24) is 4.98 Å². The number of hydrogen-bond donors (Lipinski definition) is 0. The van der Waals surface area contributed by atoms with Gasteiger partial charge in [-0.15, -0.1) is 0 Å². The summed E-state index contributed by atoms with van der Waals surface area (Å²) in [5.41, 5.74) is 0.998. The van der Waals surface area contributed by atoms with Crippen LogP contribution in [0.5, 0.6) is 0 Å². The first kappa shape index (κ1) is 11.5. The Morgan fingerprint density at radius 2 is 2.40 bits per heavy atom. The molecule has 0 bridgehead atoms. The summed E-state index contributed by atoms with van der Waals surface area (Å²) < 4.78 is 4.83. The number of nitrogens with zero attached hydrogens (tertiary/aromatic N) is 2. The number of nitriles is 1. The molecule has 0 amide bonds. The Hall–Kier alpha value is -1.60. The summed E-state index contributed by atoms with van der Waals surface area (Å²) in [6.07, 6.45) is 0. The molecule has 0 aliphatic heterocycles. The predicted molar refractivity (Wildman–Crippen MR) is 50.2 cm³/mol. The normalized spacial score (nSPS) is 9.47. The molecule has 0 spiro atoms. The lowest BCUT2D eigenvalue weighted by molar-refractivity contribution is -0.296. The van der Waals surface area contributed by atoms with Crippen molar-refractivity contribution in [3.8, 4) is 6.07 Å².